The van der Waals surface area contributed by atoms with Gasteiger partial charge in [0, 0.05) is 55.4 Å². The van der Waals surface area contributed by atoms with Gasteiger partial charge in [-0.15, -0.1) is 0 Å². The third kappa shape index (κ3) is 5.82. The number of amides is 1. The predicted molar refractivity (Wildman–Crippen MR) is 145 cm³/mol. The van der Waals surface area contributed by atoms with Gasteiger partial charge in [-0.05, 0) is 37.7 Å². The van der Waals surface area contributed by atoms with Crippen LogP contribution in [0.1, 0.15) is 47.8 Å². The van der Waals surface area contributed by atoms with Crippen LogP contribution >= 0.6 is 0 Å². The standard InChI is InChI=1S/C28H29F6N7O2/c1-39-7-6-20(18(29)14-39)36-19-3-2-4-21-17(19)9-22(41(21)25(32)24(30)31)26-37-23(43-38-26)12-35-27(42)15-5-8-40(13-15)16-10-28(33,34)11-16/h2-5,8-9,13,16,18,20,24-25,36H,6-7,10-12,14H2,1H3,(H,35,42)/t18-,20+,25?/m0/s1. The minimum atomic E-state index is -3.36. The molecule has 1 aliphatic carbocycles. The molecular weight excluding hydrogens is 580 g/mol. The Hall–Kier alpha value is -4.01. The number of hydrogen-bond donors (Lipinski definition) is 2. The van der Waals surface area contributed by atoms with Crippen molar-refractivity contribution in [2.45, 2.75) is 62.7 Å². The monoisotopic (exact) mass is 609 g/mol. The van der Waals surface area contributed by atoms with E-state index in [0.29, 0.717) is 24.0 Å². The van der Waals surface area contributed by atoms with Gasteiger partial charge in [0.05, 0.1) is 29.4 Å². The van der Waals surface area contributed by atoms with Crippen molar-refractivity contribution in [3.8, 4) is 11.5 Å². The fourth-order valence-corrected chi connectivity index (χ4v) is 5.65. The van der Waals surface area contributed by atoms with Gasteiger partial charge < -0.3 is 29.2 Å². The van der Waals surface area contributed by atoms with Crippen molar-refractivity contribution in [2.24, 2.45) is 0 Å². The highest BCUT2D eigenvalue weighted by molar-refractivity contribution is 5.96. The maximum Gasteiger partial charge on any atom is 0.288 e. The van der Waals surface area contributed by atoms with E-state index in [1.54, 1.807) is 22.9 Å². The molecule has 3 aromatic heterocycles. The van der Waals surface area contributed by atoms with Crippen molar-refractivity contribution in [3.63, 3.8) is 0 Å². The molecule has 3 atom stereocenters. The van der Waals surface area contributed by atoms with Crippen molar-refractivity contribution >= 4 is 22.5 Å². The van der Waals surface area contributed by atoms with Crippen LogP contribution in [0.5, 0.6) is 0 Å². The third-order valence-electron chi connectivity index (χ3n) is 7.99. The molecule has 0 bridgehead atoms. The lowest BCUT2D eigenvalue weighted by Gasteiger charge is -2.35. The minimum absolute atomic E-state index is 0.0735. The van der Waals surface area contributed by atoms with E-state index in [4.69, 9.17) is 4.52 Å². The van der Waals surface area contributed by atoms with E-state index >= 15 is 0 Å². The second kappa shape index (κ2) is 11.2. The van der Waals surface area contributed by atoms with Gasteiger partial charge in [0.2, 0.25) is 18.0 Å². The van der Waals surface area contributed by atoms with Crippen molar-refractivity contribution in [2.75, 3.05) is 25.5 Å². The van der Waals surface area contributed by atoms with E-state index in [0.717, 1.165) is 4.57 Å². The number of hydrogen-bond acceptors (Lipinski definition) is 6. The number of likely N-dealkylation sites (tertiary alicyclic amines) is 1. The fourth-order valence-electron chi connectivity index (χ4n) is 5.65. The Morgan fingerprint density at radius 1 is 1.21 bits per heavy atom. The van der Waals surface area contributed by atoms with Crippen LogP contribution in [0.15, 0.2) is 47.2 Å². The predicted octanol–water partition coefficient (Wildman–Crippen LogP) is 5.58. The van der Waals surface area contributed by atoms with Gasteiger partial charge in [-0.3, -0.25) is 4.79 Å². The Morgan fingerprint density at radius 3 is 2.72 bits per heavy atom. The summed E-state index contributed by atoms with van der Waals surface area (Å²) in [6.07, 6.45) is -4.30. The summed E-state index contributed by atoms with van der Waals surface area (Å²) < 4.78 is 90.9. The first-order chi connectivity index (χ1) is 20.5. The Morgan fingerprint density at radius 2 is 2.00 bits per heavy atom. The van der Waals surface area contributed by atoms with Gasteiger partial charge in [-0.25, -0.2) is 26.3 Å². The average molecular weight is 610 g/mol. The lowest BCUT2D eigenvalue weighted by Crippen LogP contribution is -2.46. The first-order valence-electron chi connectivity index (χ1n) is 13.8. The van der Waals surface area contributed by atoms with E-state index in [1.807, 2.05) is 11.9 Å². The molecule has 2 fully saturated rings. The molecule has 43 heavy (non-hydrogen) atoms. The zero-order valence-electron chi connectivity index (χ0n) is 23.0. The molecule has 1 amide bonds. The molecule has 6 rings (SSSR count). The summed E-state index contributed by atoms with van der Waals surface area (Å²) in [7, 11) is 1.82. The molecule has 15 heteroatoms. The van der Waals surface area contributed by atoms with Crippen molar-refractivity contribution in [1.82, 2.24) is 29.5 Å². The second-order valence-corrected chi connectivity index (χ2v) is 11.1. The van der Waals surface area contributed by atoms with E-state index in [1.165, 1.54) is 24.4 Å². The Labute approximate surface area is 241 Å². The molecule has 4 aromatic rings. The van der Waals surface area contributed by atoms with Gasteiger partial charge in [-0.2, -0.15) is 4.98 Å². The molecule has 2 aliphatic rings. The van der Waals surface area contributed by atoms with Crippen LogP contribution in [0, 0.1) is 0 Å². The zero-order chi connectivity index (χ0) is 30.5. The highest BCUT2D eigenvalue weighted by Crippen LogP contribution is 2.45. The molecule has 1 unspecified atom stereocenters. The van der Waals surface area contributed by atoms with E-state index in [2.05, 4.69) is 20.8 Å². The van der Waals surface area contributed by atoms with Gasteiger partial charge in [0.25, 0.3) is 18.3 Å². The molecule has 1 aliphatic heterocycles. The van der Waals surface area contributed by atoms with Gasteiger partial charge >= 0.3 is 0 Å². The maximum absolute atomic E-state index is 15.0. The fraction of sp³-hybridized carbons (Fsp3) is 0.464. The number of alkyl halides is 6. The molecule has 0 spiro atoms. The van der Waals surface area contributed by atoms with E-state index < -0.39 is 36.8 Å². The number of halogens is 6. The molecule has 1 saturated carbocycles. The van der Waals surface area contributed by atoms with Crippen LogP contribution in [0.2, 0.25) is 0 Å². The van der Waals surface area contributed by atoms with Crippen molar-refractivity contribution < 1.29 is 35.7 Å². The Balaban J connectivity index is 1.21. The van der Waals surface area contributed by atoms with Crippen molar-refractivity contribution in [1.29, 1.82) is 0 Å². The number of nitrogens with one attached hydrogen (secondary N) is 2. The highest BCUT2D eigenvalue weighted by atomic mass is 19.3. The summed E-state index contributed by atoms with van der Waals surface area (Å²) in [6.45, 7) is 0.685. The van der Waals surface area contributed by atoms with Gasteiger partial charge in [0.1, 0.15) is 6.17 Å². The molecule has 0 radical (unpaired) electrons. The summed E-state index contributed by atoms with van der Waals surface area (Å²) in [5, 5.41) is 9.94. The number of aromatic nitrogens is 4. The lowest BCUT2D eigenvalue weighted by atomic mass is 9.88. The molecule has 230 valence electrons. The van der Waals surface area contributed by atoms with Gasteiger partial charge in [0.15, 0.2) is 0 Å². The summed E-state index contributed by atoms with van der Waals surface area (Å²) >= 11 is 0. The number of rotatable bonds is 9. The second-order valence-electron chi connectivity index (χ2n) is 11.1. The van der Waals surface area contributed by atoms with Crippen LogP contribution in [0.4, 0.5) is 32.0 Å². The van der Waals surface area contributed by atoms with Crippen molar-refractivity contribution in [3.05, 3.63) is 54.2 Å². The van der Waals surface area contributed by atoms with Crippen LogP contribution < -0.4 is 10.6 Å². The summed E-state index contributed by atoms with van der Waals surface area (Å²) in [4.78, 5) is 18.7. The first kappa shape index (κ1) is 29.1. The molecule has 2 N–H and O–H groups in total. The smallest absolute Gasteiger partial charge is 0.288 e. The number of carbonyl (C=O) groups is 1. The number of fused-ring (bicyclic) bond motifs is 1. The molecule has 1 aromatic carbocycles. The van der Waals surface area contributed by atoms with Crippen LogP contribution in [-0.2, 0) is 6.54 Å². The number of carbonyl (C=O) groups excluding carboxylic acids is 1. The van der Waals surface area contributed by atoms with Crippen LogP contribution in [-0.4, -0.2) is 74.8 Å². The van der Waals surface area contributed by atoms with Crippen LogP contribution in [0.3, 0.4) is 0 Å². The highest BCUT2D eigenvalue weighted by Gasteiger charge is 2.46. The Kier molecular flexibility index (Phi) is 7.60. The van der Waals surface area contributed by atoms with Gasteiger partial charge in [-0.1, -0.05) is 11.2 Å². The number of piperidine rings is 1. The summed E-state index contributed by atoms with van der Waals surface area (Å²) in [5.41, 5.74) is 0.731. The summed E-state index contributed by atoms with van der Waals surface area (Å²) in [6, 6.07) is 6.74. The van der Waals surface area contributed by atoms with E-state index in [-0.39, 0.29) is 60.5 Å². The molecular formula is C28H29F6N7O2. The van der Waals surface area contributed by atoms with Crippen LogP contribution in [0.25, 0.3) is 22.4 Å². The largest absolute Gasteiger partial charge is 0.379 e. The minimum Gasteiger partial charge on any atom is -0.379 e. The molecule has 1 saturated heterocycles. The first-order valence-corrected chi connectivity index (χ1v) is 13.8. The lowest BCUT2D eigenvalue weighted by molar-refractivity contribution is -0.104. The molecule has 9 nitrogen and oxygen atoms in total. The molecule has 4 heterocycles. The average Bonchev–Trinajstić information content (AvgIpc) is 3.70. The third-order valence-corrected chi connectivity index (χ3v) is 7.99. The zero-order valence-corrected chi connectivity index (χ0v) is 23.0. The summed E-state index contributed by atoms with van der Waals surface area (Å²) in [5.74, 6) is -3.47. The Bertz CT molecular complexity index is 1610. The number of benzene rings is 1. The number of anilines is 1. The SMILES string of the molecule is CN1CC[C@@H](Nc2cccc3c2cc(-c2noc(CNC(=O)c4ccn(C5CC(F)(F)C5)c4)n2)n3C(F)C(F)F)[C@@H](F)C1. The quantitative estimate of drug-likeness (QED) is 0.241. The topological polar surface area (TPSA) is 93.2 Å². The normalized spacial score (nSPS) is 21.7. The van der Waals surface area contributed by atoms with E-state index in [9.17, 15) is 31.1 Å². The number of nitrogens with zero attached hydrogens (tertiary/aromatic N) is 5. The maximum atomic E-state index is 15.0.